The van der Waals surface area contributed by atoms with Crippen LogP contribution in [0.3, 0.4) is 0 Å². The van der Waals surface area contributed by atoms with Gasteiger partial charge in [0.05, 0.1) is 13.2 Å². The number of hydrogen-bond donors (Lipinski definition) is 2. The smallest absolute Gasteiger partial charge is 0.193 e. The van der Waals surface area contributed by atoms with Gasteiger partial charge in [0.15, 0.2) is 5.96 Å². The minimum atomic E-state index is 0. The lowest BCUT2D eigenvalue weighted by molar-refractivity contribution is 0.133. The molecule has 0 heterocycles. The predicted molar refractivity (Wildman–Crippen MR) is 119 cm³/mol. The molecule has 0 radical (unpaired) electrons. The summed E-state index contributed by atoms with van der Waals surface area (Å²) in [6.07, 6.45) is 4.79. The molecule has 0 aliphatic heterocycles. The van der Waals surface area contributed by atoms with Crippen molar-refractivity contribution in [3.05, 3.63) is 64.7 Å². The summed E-state index contributed by atoms with van der Waals surface area (Å²) in [6, 6.07) is 14.6. The largest absolute Gasteiger partial charge is 0.377 e. The van der Waals surface area contributed by atoms with E-state index in [1.54, 1.807) is 0 Å². The summed E-state index contributed by atoms with van der Waals surface area (Å²) >= 11 is 0. The van der Waals surface area contributed by atoms with E-state index in [9.17, 15) is 0 Å². The Balaban J connectivity index is 0.00000243. The average molecular weight is 465 g/mol. The molecule has 3 N–H and O–H groups in total. The van der Waals surface area contributed by atoms with Crippen LogP contribution in [0, 0.1) is 0 Å². The molecule has 0 saturated carbocycles. The van der Waals surface area contributed by atoms with Crippen LogP contribution in [0.4, 0.5) is 5.69 Å². The van der Waals surface area contributed by atoms with Crippen LogP contribution in [0.2, 0.25) is 0 Å². The molecule has 0 saturated heterocycles. The van der Waals surface area contributed by atoms with E-state index >= 15 is 0 Å². The number of nitrogens with zero attached hydrogens (tertiary/aromatic N) is 1. The molecule has 0 atom stereocenters. The van der Waals surface area contributed by atoms with Crippen LogP contribution in [0.1, 0.15) is 42.0 Å². The summed E-state index contributed by atoms with van der Waals surface area (Å²) in [5.41, 5.74) is 12.4. The third kappa shape index (κ3) is 5.45. The number of hydrogen-bond acceptors (Lipinski definition) is 2. The molecule has 4 nitrogen and oxygen atoms in total. The van der Waals surface area contributed by atoms with Crippen LogP contribution in [-0.4, -0.2) is 12.6 Å². The summed E-state index contributed by atoms with van der Waals surface area (Å²) < 4.78 is 5.53. The first-order valence-electron chi connectivity index (χ1n) is 9.10. The highest BCUT2D eigenvalue weighted by Gasteiger charge is 2.13. The van der Waals surface area contributed by atoms with E-state index in [2.05, 4.69) is 40.6 Å². The summed E-state index contributed by atoms with van der Waals surface area (Å²) in [6.45, 7) is 3.88. The molecule has 1 aliphatic rings. The van der Waals surface area contributed by atoms with E-state index in [4.69, 9.17) is 10.5 Å². The summed E-state index contributed by atoms with van der Waals surface area (Å²) in [7, 11) is 0. The van der Waals surface area contributed by atoms with Crippen LogP contribution in [0.5, 0.6) is 0 Å². The second kappa shape index (κ2) is 10.5. The van der Waals surface area contributed by atoms with Crippen molar-refractivity contribution in [2.45, 2.75) is 45.8 Å². The number of ether oxygens (including phenoxy) is 1. The summed E-state index contributed by atoms with van der Waals surface area (Å²) in [5, 5.41) is 3.30. The van der Waals surface area contributed by atoms with Crippen LogP contribution >= 0.6 is 24.0 Å². The van der Waals surface area contributed by atoms with Crippen LogP contribution in [0.25, 0.3) is 0 Å². The third-order valence-electron chi connectivity index (χ3n) is 4.66. The molecule has 0 fully saturated rings. The fourth-order valence-corrected chi connectivity index (χ4v) is 3.31. The number of fused-ring (bicyclic) bond motifs is 1. The molecule has 140 valence electrons. The van der Waals surface area contributed by atoms with E-state index in [0.29, 0.717) is 25.7 Å². The Bertz CT molecular complexity index is 746. The number of aryl methyl sites for hydroxylation is 1. The van der Waals surface area contributed by atoms with Crippen molar-refractivity contribution in [2.24, 2.45) is 10.7 Å². The Morgan fingerprint density at radius 1 is 1.08 bits per heavy atom. The topological polar surface area (TPSA) is 59.6 Å². The average Bonchev–Trinajstić information content (AvgIpc) is 2.65. The van der Waals surface area contributed by atoms with Crippen molar-refractivity contribution in [3.8, 4) is 0 Å². The van der Waals surface area contributed by atoms with Gasteiger partial charge in [0.25, 0.3) is 0 Å². The zero-order chi connectivity index (χ0) is 17.5. The Labute approximate surface area is 173 Å². The van der Waals surface area contributed by atoms with E-state index in [1.807, 2.05) is 19.1 Å². The lowest BCUT2D eigenvalue weighted by Gasteiger charge is -2.19. The van der Waals surface area contributed by atoms with Gasteiger partial charge in [0.2, 0.25) is 0 Å². The zero-order valence-electron chi connectivity index (χ0n) is 15.3. The summed E-state index contributed by atoms with van der Waals surface area (Å²) in [5.74, 6) is 0.463. The molecule has 2 aromatic carbocycles. The van der Waals surface area contributed by atoms with Gasteiger partial charge in [-0.05, 0) is 60.9 Å². The summed E-state index contributed by atoms with van der Waals surface area (Å²) in [4.78, 5) is 4.54. The van der Waals surface area contributed by atoms with Crippen molar-refractivity contribution in [3.63, 3.8) is 0 Å². The third-order valence-corrected chi connectivity index (χ3v) is 4.66. The first-order chi connectivity index (χ1) is 12.3. The molecule has 3 rings (SSSR count). The van der Waals surface area contributed by atoms with Crippen molar-refractivity contribution in [2.75, 3.05) is 11.9 Å². The van der Waals surface area contributed by atoms with E-state index in [-0.39, 0.29) is 24.0 Å². The monoisotopic (exact) mass is 465 g/mol. The maximum absolute atomic E-state index is 6.14. The molecule has 0 unspecified atom stereocenters. The molecule has 1 aliphatic carbocycles. The van der Waals surface area contributed by atoms with Crippen molar-refractivity contribution in [1.82, 2.24) is 0 Å². The zero-order valence-corrected chi connectivity index (χ0v) is 17.7. The van der Waals surface area contributed by atoms with Gasteiger partial charge >= 0.3 is 0 Å². The van der Waals surface area contributed by atoms with Crippen LogP contribution < -0.4 is 11.1 Å². The van der Waals surface area contributed by atoms with E-state index < -0.39 is 0 Å². The number of nitrogens with two attached hydrogens (primary N) is 1. The van der Waals surface area contributed by atoms with Crippen molar-refractivity contribution < 1.29 is 4.74 Å². The van der Waals surface area contributed by atoms with Gasteiger partial charge in [-0.25, -0.2) is 4.99 Å². The second-order valence-corrected chi connectivity index (χ2v) is 6.38. The van der Waals surface area contributed by atoms with Crippen LogP contribution in [0.15, 0.2) is 47.5 Å². The molecule has 0 spiro atoms. The van der Waals surface area contributed by atoms with Gasteiger partial charge in [0, 0.05) is 12.3 Å². The van der Waals surface area contributed by atoms with Crippen molar-refractivity contribution in [1.29, 1.82) is 0 Å². The van der Waals surface area contributed by atoms with Gasteiger partial charge < -0.3 is 15.8 Å². The number of nitrogens with one attached hydrogen (secondary N) is 1. The number of rotatable bonds is 6. The standard InChI is InChI=1S/C21H27N3O.HI/c1-2-25-15-18-10-4-3-9-17(18)14-23-21(22)24-20-13-7-11-16-8-5-6-12-19(16)20;/h3-4,7,9-11,13H,2,5-6,8,12,14-15H2,1H3,(H3,22,23,24);1H. The maximum atomic E-state index is 6.14. The fraction of sp³-hybridized carbons (Fsp3) is 0.381. The molecule has 5 heteroatoms. The number of aliphatic imine (C=N–C) groups is 1. The molecule has 0 amide bonds. The lowest BCUT2D eigenvalue weighted by Crippen LogP contribution is -2.24. The molecular formula is C21H28IN3O. The van der Waals surface area contributed by atoms with Gasteiger partial charge in [-0.1, -0.05) is 36.4 Å². The highest BCUT2D eigenvalue weighted by molar-refractivity contribution is 14.0. The number of halogens is 1. The van der Waals surface area contributed by atoms with Gasteiger partial charge in [-0.3, -0.25) is 0 Å². The quantitative estimate of drug-likeness (QED) is 0.371. The predicted octanol–water partition coefficient (Wildman–Crippen LogP) is 4.65. The Morgan fingerprint density at radius 2 is 1.85 bits per heavy atom. The minimum Gasteiger partial charge on any atom is -0.377 e. The van der Waals surface area contributed by atoms with Gasteiger partial charge in [0.1, 0.15) is 0 Å². The molecule has 26 heavy (non-hydrogen) atoms. The van der Waals surface area contributed by atoms with Gasteiger partial charge in [-0.2, -0.15) is 0 Å². The van der Waals surface area contributed by atoms with Crippen molar-refractivity contribution >= 4 is 35.6 Å². The van der Waals surface area contributed by atoms with E-state index in [1.165, 1.54) is 24.0 Å². The number of guanidine groups is 1. The molecule has 0 bridgehead atoms. The molecule has 0 aromatic heterocycles. The highest BCUT2D eigenvalue weighted by Crippen LogP contribution is 2.27. The molecule has 2 aromatic rings. The second-order valence-electron chi connectivity index (χ2n) is 6.38. The fourth-order valence-electron chi connectivity index (χ4n) is 3.31. The molecular weight excluding hydrogens is 437 g/mol. The first kappa shape index (κ1) is 20.7. The lowest BCUT2D eigenvalue weighted by atomic mass is 9.90. The highest BCUT2D eigenvalue weighted by atomic mass is 127. The minimum absolute atomic E-state index is 0. The normalized spacial score (nSPS) is 13.7. The Kier molecular flexibility index (Phi) is 8.38. The Morgan fingerprint density at radius 3 is 2.65 bits per heavy atom. The first-order valence-corrected chi connectivity index (χ1v) is 9.10. The number of anilines is 1. The van der Waals surface area contributed by atoms with Crippen LogP contribution in [-0.2, 0) is 30.7 Å². The Hall–Kier alpha value is -1.60. The van der Waals surface area contributed by atoms with Gasteiger partial charge in [-0.15, -0.1) is 24.0 Å². The maximum Gasteiger partial charge on any atom is 0.193 e. The SMILES string of the molecule is CCOCc1ccccc1CN=C(N)Nc1cccc2c1CCCC2.I. The number of benzene rings is 2. The van der Waals surface area contributed by atoms with E-state index in [0.717, 1.165) is 29.7 Å².